The van der Waals surface area contributed by atoms with Crippen LogP contribution in [-0.4, -0.2) is 24.0 Å². The van der Waals surface area contributed by atoms with Gasteiger partial charge in [0.15, 0.2) is 0 Å². The van der Waals surface area contributed by atoms with Crippen LogP contribution in [0, 0.1) is 0 Å². The molecule has 0 aliphatic carbocycles. The fourth-order valence-electron chi connectivity index (χ4n) is 1.34. The third-order valence-corrected chi connectivity index (χ3v) is 2.18. The number of hydrogen-bond donors (Lipinski definition) is 1. The van der Waals surface area contributed by atoms with Gasteiger partial charge < -0.3 is 10.1 Å². The molecule has 0 aliphatic rings. The van der Waals surface area contributed by atoms with Crippen molar-refractivity contribution in [3.8, 4) is 0 Å². The minimum Gasteiger partial charge on any atom is -0.444 e. The van der Waals surface area contributed by atoms with Crippen LogP contribution in [0.5, 0.6) is 0 Å². The molecular formula is C14H25NO3. The lowest BCUT2D eigenvalue weighted by molar-refractivity contribution is -0.119. The van der Waals surface area contributed by atoms with Gasteiger partial charge in [0.2, 0.25) is 0 Å². The van der Waals surface area contributed by atoms with Crippen LogP contribution in [0.1, 0.15) is 52.9 Å². The fourth-order valence-corrected chi connectivity index (χ4v) is 1.34. The van der Waals surface area contributed by atoms with E-state index in [-0.39, 0.29) is 5.78 Å². The van der Waals surface area contributed by atoms with E-state index in [2.05, 4.69) is 11.9 Å². The Labute approximate surface area is 110 Å². The predicted octanol–water partition coefficient (Wildman–Crippen LogP) is 3.22. The number of ether oxygens (including phenoxy) is 1. The molecule has 0 aromatic heterocycles. The molecule has 0 unspecified atom stereocenters. The van der Waals surface area contributed by atoms with Crippen molar-refractivity contribution in [3.63, 3.8) is 0 Å². The van der Waals surface area contributed by atoms with E-state index in [9.17, 15) is 9.59 Å². The van der Waals surface area contributed by atoms with Crippen molar-refractivity contribution in [2.45, 2.75) is 58.5 Å². The molecule has 0 fully saturated rings. The van der Waals surface area contributed by atoms with Gasteiger partial charge in [0.05, 0.1) is 0 Å². The third-order valence-electron chi connectivity index (χ3n) is 2.18. The van der Waals surface area contributed by atoms with E-state index in [4.69, 9.17) is 4.74 Å². The molecular weight excluding hydrogens is 230 g/mol. The van der Waals surface area contributed by atoms with E-state index >= 15 is 0 Å². The Hall–Kier alpha value is -1.32. The van der Waals surface area contributed by atoms with Gasteiger partial charge in [0.1, 0.15) is 11.4 Å². The minimum absolute atomic E-state index is 0.257. The SMILES string of the molecule is C=CCCC(=O)CCCCNC(=O)OC(C)(C)C. The summed E-state index contributed by atoms with van der Waals surface area (Å²) in [5.41, 5.74) is -0.468. The molecule has 0 saturated heterocycles. The van der Waals surface area contributed by atoms with E-state index in [1.807, 2.05) is 20.8 Å². The first kappa shape index (κ1) is 16.7. The first-order chi connectivity index (χ1) is 8.35. The van der Waals surface area contributed by atoms with Crippen molar-refractivity contribution in [1.82, 2.24) is 5.32 Å². The quantitative estimate of drug-likeness (QED) is 0.535. The Morgan fingerprint density at radius 3 is 2.44 bits per heavy atom. The standard InChI is InChI=1S/C14H25NO3/c1-5-6-9-12(16)10-7-8-11-15-13(17)18-14(2,3)4/h5H,1,6-11H2,2-4H3,(H,15,17). The number of carbonyl (C=O) groups excluding carboxylic acids is 2. The molecule has 0 spiro atoms. The molecule has 0 aliphatic heterocycles. The van der Waals surface area contributed by atoms with Crippen LogP contribution in [0.25, 0.3) is 0 Å². The van der Waals surface area contributed by atoms with Gasteiger partial charge in [-0.25, -0.2) is 4.79 Å². The van der Waals surface area contributed by atoms with Gasteiger partial charge in [0, 0.05) is 19.4 Å². The number of hydrogen-bond acceptors (Lipinski definition) is 3. The van der Waals surface area contributed by atoms with Gasteiger partial charge in [-0.05, 0) is 40.0 Å². The second-order valence-electron chi connectivity index (χ2n) is 5.25. The molecule has 4 nitrogen and oxygen atoms in total. The zero-order valence-electron chi connectivity index (χ0n) is 11.8. The summed E-state index contributed by atoms with van der Waals surface area (Å²) in [4.78, 5) is 22.6. The maximum atomic E-state index is 11.3. The first-order valence-electron chi connectivity index (χ1n) is 6.44. The molecule has 0 heterocycles. The molecule has 1 amide bonds. The Bertz CT molecular complexity index is 279. The average Bonchev–Trinajstić information content (AvgIpc) is 2.23. The molecule has 0 atom stereocenters. The van der Waals surface area contributed by atoms with Gasteiger partial charge in [-0.3, -0.25) is 4.79 Å². The molecule has 1 N–H and O–H groups in total. The number of Topliss-reactive ketones (excluding diaryl/α,β-unsaturated/α-hetero) is 1. The summed E-state index contributed by atoms with van der Waals surface area (Å²) in [5, 5.41) is 2.67. The minimum atomic E-state index is -0.468. The van der Waals surface area contributed by atoms with E-state index in [1.54, 1.807) is 6.08 Å². The summed E-state index contributed by atoms with van der Waals surface area (Å²) in [6, 6.07) is 0. The maximum Gasteiger partial charge on any atom is 0.407 e. The van der Waals surface area contributed by atoms with Gasteiger partial charge in [-0.2, -0.15) is 0 Å². The Morgan fingerprint density at radius 2 is 1.89 bits per heavy atom. The lowest BCUT2D eigenvalue weighted by atomic mass is 10.1. The van der Waals surface area contributed by atoms with E-state index < -0.39 is 11.7 Å². The van der Waals surface area contributed by atoms with Crippen LogP contribution in [-0.2, 0) is 9.53 Å². The van der Waals surface area contributed by atoms with Crippen molar-refractivity contribution in [2.24, 2.45) is 0 Å². The summed E-state index contributed by atoms with van der Waals surface area (Å²) in [6.45, 7) is 9.60. The van der Waals surface area contributed by atoms with Crippen LogP contribution in [0.2, 0.25) is 0 Å². The number of amides is 1. The van der Waals surface area contributed by atoms with Crippen molar-refractivity contribution < 1.29 is 14.3 Å². The molecule has 18 heavy (non-hydrogen) atoms. The highest BCUT2D eigenvalue weighted by molar-refractivity contribution is 5.78. The maximum absolute atomic E-state index is 11.3. The fraction of sp³-hybridized carbons (Fsp3) is 0.714. The molecule has 0 saturated carbocycles. The molecule has 0 bridgehead atoms. The summed E-state index contributed by atoms with van der Waals surface area (Å²) in [6.07, 6.45) is 4.83. The predicted molar refractivity (Wildman–Crippen MR) is 72.5 cm³/mol. The number of alkyl carbamates (subject to hydrolysis) is 1. The number of rotatable bonds is 8. The smallest absolute Gasteiger partial charge is 0.407 e. The van der Waals surface area contributed by atoms with Crippen molar-refractivity contribution in [3.05, 3.63) is 12.7 Å². The van der Waals surface area contributed by atoms with Gasteiger partial charge in [0.25, 0.3) is 0 Å². The highest BCUT2D eigenvalue weighted by Gasteiger charge is 2.15. The van der Waals surface area contributed by atoms with Crippen LogP contribution in [0.4, 0.5) is 4.79 Å². The lowest BCUT2D eigenvalue weighted by Gasteiger charge is -2.19. The number of ketones is 1. The summed E-state index contributed by atoms with van der Waals surface area (Å²) >= 11 is 0. The monoisotopic (exact) mass is 255 g/mol. The Balaban J connectivity index is 3.48. The molecule has 0 radical (unpaired) electrons. The molecule has 4 heteroatoms. The van der Waals surface area contributed by atoms with Gasteiger partial charge in [-0.1, -0.05) is 6.08 Å². The van der Waals surface area contributed by atoms with Crippen LogP contribution < -0.4 is 5.32 Å². The molecule has 0 aromatic carbocycles. The summed E-state index contributed by atoms with van der Waals surface area (Å²) in [5.74, 6) is 0.257. The van der Waals surface area contributed by atoms with Crippen molar-refractivity contribution in [2.75, 3.05) is 6.54 Å². The van der Waals surface area contributed by atoms with Crippen LogP contribution >= 0.6 is 0 Å². The van der Waals surface area contributed by atoms with E-state index in [1.165, 1.54) is 0 Å². The number of nitrogens with one attached hydrogen (secondary N) is 1. The number of carbonyl (C=O) groups is 2. The van der Waals surface area contributed by atoms with Crippen LogP contribution in [0.3, 0.4) is 0 Å². The van der Waals surface area contributed by atoms with Crippen LogP contribution in [0.15, 0.2) is 12.7 Å². The molecule has 104 valence electrons. The zero-order chi connectivity index (χ0) is 14.0. The second-order valence-corrected chi connectivity index (χ2v) is 5.25. The first-order valence-corrected chi connectivity index (χ1v) is 6.44. The highest BCUT2D eigenvalue weighted by atomic mass is 16.6. The third kappa shape index (κ3) is 11.2. The topological polar surface area (TPSA) is 55.4 Å². The van der Waals surface area contributed by atoms with E-state index in [0.29, 0.717) is 19.4 Å². The van der Waals surface area contributed by atoms with Crippen molar-refractivity contribution in [1.29, 1.82) is 0 Å². The average molecular weight is 255 g/mol. The highest BCUT2D eigenvalue weighted by Crippen LogP contribution is 2.06. The normalized spacial score (nSPS) is 10.8. The Kier molecular flexibility index (Phi) is 8.08. The van der Waals surface area contributed by atoms with E-state index in [0.717, 1.165) is 19.3 Å². The van der Waals surface area contributed by atoms with Gasteiger partial charge >= 0.3 is 6.09 Å². The summed E-state index contributed by atoms with van der Waals surface area (Å²) in [7, 11) is 0. The molecule has 0 aromatic rings. The zero-order valence-corrected chi connectivity index (χ0v) is 11.8. The lowest BCUT2D eigenvalue weighted by Crippen LogP contribution is -2.33. The second kappa shape index (κ2) is 8.72. The number of unbranched alkanes of at least 4 members (excludes halogenated alkanes) is 1. The van der Waals surface area contributed by atoms with Crippen molar-refractivity contribution >= 4 is 11.9 Å². The number of allylic oxidation sites excluding steroid dienone is 1. The largest absolute Gasteiger partial charge is 0.444 e. The van der Waals surface area contributed by atoms with Gasteiger partial charge in [-0.15, -0.1) is 6.58 Å². The Morgan fingerprint density at radius 1 is 1.22 bits per heavy atom. The summed E-state index contributed by atoms with van der Waals surface area (Å²) < 4.78 is 5.09. The molecule has 0 rings (SSSR count).